The normalized spacial score (nSPS) is 12.7. The number of fused-ring (bicyclic) bond motifs is 1. The van der Waals surface area contributed by atoms with E-state index in [2.05, 4.69) is 20.6 Å². The molecule has 0 aliphatic heterocycles. The number of carbonyl (C=O) groups excluding carboxylic acids is 1. The number of benzene rings is 1. The van der Waals surface area contributed by atoms with E-state index in [4.69, 9.17) is 0 Å². The van der Waals surface area contributed by atoms with Crippen LogP contribution in [0.1, 0.15) is 43.4 Å². The maximum atomic E-state index is 12.2. The second kappa shape index (κ2) is 6.45. The van der Waals surface area contributed by atoms with E-state index >= 15 is 0 Å². The summed E-state index contributed by atoms with van der Waals surface area (Å²) in [5.74, 6) is 0.199. The zero-order valence-corrected chi connectivity index (χ0v) is 14.2. The fraction of sp³-hybridized carbons (Fsp3) is 0.375. The Morgan fingerprint density at radius 3 is 2.78 bits per heavy atom. The first-order chi connectivity index (χ1) is 11.0. The van der Waals surface area contributed by atoms with Gasteiger partial charge in [-0.2, -0.15) is 0 Å². The third-order valence-corrected chi connectivity index (χ3v) is 4.73. The standard InChI is InChI=1S/C16H19N5OS/c1-10(2)13-8-21(20-19-13)9-15(22)17-11(3)16-18-12-6-4-5-7-14(12)23-16/h4-8,10-11H,9H2,1-3H3,(H,17,22). The first kappa shape index (κ1) is 15.6. The first-order valence-corrected chi connectivity index (χ1v) is 8.39. The molecule has 1 amide bonds. The van der Waals surface area contributed by atoms with Gasteiger partial charge in [-0.25, -0.2) is 9.67 Å². The molecule has 2 heterocycles. The Hall–Kier alpha value is -2.28. The fourth-order valence-electron chi connectivity index (χ4n) is 2.23. The van der Waals surface area contributed by atoms with E-state index in [-0.39, 0.29) is 18.5 Å². The van der Waals surface area contributed by atoms with Gasteiger partial charge in [0.05, 0.1) is 22.0 Å². The van der Waals surface area contributed by atoms with E-state index in [1.807, 2.05) is 51.2 Å². The average Bonchev–Trinajstić information content (AvgIpc) is 3.13. The van der Waals surface area contributed by atoms with Crippen molar-refractivity contribution in [2.24, 2.45) is 0 Å². The highest BCUT2D eigenvalue weighted by Gasteiger charge is 2.15. The molecule has 0 radical (unpaired) electrons. The number of nitrogens with zero attached hydrogens (tertiary/aromatic N) is 4. The summed E-state index contributed by atoms with van der Waals surface area (Å²) in [6, 6.07) is 7.84. The van der Waals surface area contributed by atoms with Crippen molar-refractivity contribution in [3.8, 4) is 0 Å². The van der Waals surface area contributed by atoms with Crippen molar-refractivity contribution in [1.29, 1.82) is 0 Å². The lowest BCUT2D eigenvalue weighted by atomic mass is 10.2. The monoisotopic (exact) mass is 329 g/mol. The molecule has 1 N–H and O–H groups in total. The lowest BCUT2D eigenvalue weighted by Crippen LogP contribution is -2.30. The number of amides is 1. The van der Waals surface area contributed by atoms with E-state index < -0.39 is 0 Å². The number of rotatable bonds is 5. The van der Waals surface area contributed by atoms with Crippen LogP contribution >= 0.6 is 11.3 Å². The predicted octanol–water partition coefficient (Wildman–Crippen LogP) is 2.89. The molecule has 1 atom stereocenters. The molecule has 0 bridgehead atoms. The molecular formula is C16H19N5OS. The van der Waals surface area contributed by atoms with Gasteiger partial charge in [-0.15, -0.1) is 16.4 Å². The van der Waals surface area contributed by atoms with Gasteiger partial charge >= 0.3 is 0 Å². The zero-order valence-electron chi connectivity index (χ0n) is 13.4. The van der Waals surface area contributed by atoms with Crippen molar-refractivity contribution in [2.45, 2.75) is 39.3 Å². The van der Waals surface area contributed by atoms with Crippen molar-refractivity contribution in [3.63, 3.8) is 0 Å². The van der Waals surface area contributed by atoms with Crippen LogP contribution < -0.4 is 5.32 Å². The highest BCUT2D eigenvalue weighted by Crippen LogP contribution is 2.25. The quantitative estimate of drug-likeness (QED) is 0.781. The lowest BCUT2D eigenvalue weighted by molar-refractivity contribution is -0.122. The zero-order chi connectivity index (χ0) is 16.4. The lowest BCUT2D eigenvalue weighted by Gasteiger charge is -2.10. The maximum absolute atomic E-state index is 12.2. The van der Waals surface area contributed by atoms with Gasteiger partial charge in [0.25, 0.3) is 0 Å². The molecule has 0 aliphatic carbocycles. The van der Waals surface area contributed by atoms with Crippen LogP contribution in [-0.2, 0) is 11.3 Å². The molecule has 6 nitrogen and oxygen atoms in total. The van der Waals surface area contributed by atoms with Gasteiger partial charge in [0.15, 0.2) is 0 Å². The van der Waals surface area contributed by atoms with Crippen LogP contribution in [0, 0.1) is 0 Å². The molecule has 1 aromatic carbocycles. The summed E-state index contributed by atoms with van der Waals surface area (Å²) < 4.78 is 2.69. The summed E-state index contributed by atoms with van der Waals surface area (Å²) >= 11 is 1.60. The molecule has 23 heavy (non-hydrogen) atoms. The van der Waals surface area contributed by atoms with Gasteiger partial charge in [-0.3, -0.25) is 4.79 Å². The Bertz CT molecular complexity index is 790. The number of hydrogen-bond donors (Lipinski definition) is 1. The van der Waals surface area contributed by atoms with Crippen molar-refractivity contribution >= 4 is 27.5 Å². The van der Waals surface area contributed by atoms with Crippen LogP contribution in [0.2, 0.25) is 0 Å². The summed E-state index contributed by atoms with van der Waals surface area (Å²) in [4.78, 5) is 16.7. The van der Waals surface area contributed by atoms with Crippen molar-refractivity contribution < 1.29 is 4.79 Å². The average molecular weight is 329 g/mol. The van der Waals surface area contributed by atoms with Gasteiger partial charge in [-0.1, -0.05) is 31.2 Å². The molecule has 0 fully saturated rings. The minimum absolute atomic E-state index is 0.100. The first-order valence-electron chi connectivity index (χ1n) is 7.58. The molecule has 3 aromatic rings. The van der Waals surface area contributed by atoms with E-state index in [1.54, 1.807) is 16.0 Å². The third kappa shape index (κ3) is 3.56. The summed E-state index contributed by atoms with van der Waals surface area (Å²) in [6.45, 7) is 6.19. The molecule has 7 heteroatoms. The van der Waals surface area contributed by atoms with Crippen LogP contribution in [-0.4, -0.2) is 25.9 Å². The van der Waals surface area contributed by atoms with E-state index in [0.29, 0.717) is 5.92 Å². The Kier molecular flexibility index (Phi) is 4.38. The molecule has 0 saturated carbocycles. The van der Waals surface area contributed by atoms with Gasteiger partial charge in [0.2, 0.25) is 5.91 Å². The molecule has 3 rings (SSSR count). The van der Waals surface area contributed by atoms with Gasteiger partial charge < -0.3 is 5.32 Å². The number of para-hydroxylation sites is 1. The molecule has 0 aliphatic rings. The Balaban J connectivity index is 1.64. The number of aromatic nitrogens is 4. The predicted molar refractivity (Wildman–Crippen MR) is 90.3 cm³/mol. The van der Waals surface area contributed by atoms with Crippen LogP contribution in [0.15, 0.2) is 30.5 Å². The third-order valence-electron chi connectivity index (χ3n) is 3.51. The summed E-state index contributed by atoms with van der Waals surface area (Å²) in [5, 5.41) is 11.9. The summed E-state index contributed by atoms with van der Waals surface area (Å²) in [7, 11) is 0. The van der Waals surface area contributed by atoms with Crippen molar-refractivity contribution in [2.75, 3.05) is 0 Å². The van der Waals surface area contributed by atoms with Crippen LogP contribution in [0.4, 0.5) is 0 Å². The highest BCUT2D eigenvalue weighted by molar-refractivity contribution is 7.18. The summed E-state index contributed by atoms with van der Waals surface area (Å²) in [5.41, 5.74) is 1.85. The maximum Gasteiger partial charge on any atom is 0.242 e. The number of carbonyl (C=O) groups is 1. The minimum Gasteiger partial charge on any atom is -0.346 e. The SMILES string of the molecule is CC(C)c1cn(CC(=O)NC(C)c2nc3ccccc3s2)nn1. The molecular weight excluding hydrogens is 310 g/mol. The molecule has 0 saturated heterocycles. The Morgan fingerprint density at radius 1 is 1.30 bits per heavy atom. The minimum atomic E-state index is -0.131. The van der Waals surface area contributed by atoms with Crippen molar-refractivity contribution in [1.82, 2.24) is 25.3 Å². The molecule has 120 valence electrons. The molecule has 1 unspecified atom stereocenters. The Labute approximate surface area is 138 Å². The Morgan fingerprint density at radius 2 is 2.09 bits per heavy atom. The van der Waals surface area contributed by atoms with Gasteiger partial charge in [0.1, 0.15) is 11.6 Å². The van der Waals surface area contributed by atoms with Crippen molar-refractivity contribution in [3.05, 3.63) is 41.2 Å². The number of hydrogen-bond acceptors (Lipinski definition) is 5. The van der Waals surface area contributed by atoms with E-state index in [9.17, 15) is 4.79 Å². The highest BCUT2D eigenvalue weighted by atomic mass is 32.1. The van der Waals surface area contributed by atoms with Gasteiger partial charge in [0, 0.05) is 6.20 Å². The largest absolute Gasteiger partial charge is 0.346 e. The van der Waals surface area contributed by atoms with E-state index in [0.717, 1.165) is 20.9 Å². The second-order valence-electron chi connectivity index (χ2n) is 5.80. The van der Waals surface area contributed by atoms with Crippen LogP contribution in [0.3, 0.4) is 0 Å². The van der Waals surface area contributed by atoms with Crippen LogP contribution in [0.5, 0.6) is 0 Å². The number of thiazole rings is 1. The topological polar surface area (TPSA) is 72.7 Å². The molecule has 2 aromatic heterocycles. The fourth-order valence-corrected chi connectivity index (χ4v) is 3.20. The number of nitrogens with one attached hydrogen (secondary N) is 1. The van der Waals surface area contributed by atoms with Gasteiger partial charge in [-0.05, 0) is 25.0 Å². The summed E-state index contributed by atoms with van der Waals surface area (Å²) in [6.07, 6.45) is 1.81. The smallest absolute Gasteiger partial charge is 0.242 e. The molecule has 0 spiro atoms. The second-order valence-corrected chi connectivity index (χ2v) is 6.87. The van der Waals surface area contributed by atoms with Crippen LogP contribution in [0.25, 0.3) is 10.2 Å². The van der Waals surface area contributed by atoms with E-state index in [1.165, 1.54) is 0 Å².